The van der Waals surface area contributed by atoms with Crippen LogP contribution in [0.5, 0.6) is 0 Å². The number of ether oxygens (including phenoxy) is 1. The van der Waals surface area contributed by atoms with Crippen LogP contribution in [0.3, 0.4) is 0 Å². The number of nitrogens with two attached hydrogens (primary N) is 1. The van der Waals surface area contributed by atoms with Crippen LogP contribution in [-0.4, -0.2) is 65.1 Å². The molecule has 2 heterocycles. The predicted octanol–water partition coefficient (Wildman–Crippen LogP) is 5.29. The van der Waals surface area contributed by atoms with Crippen molar-refractivity contribution in [2.24, 2.45) is 5.73 Å². The lowest BCUT2D eigenvalue weighted by atomic mass is 9.74. The quantitative estimate of drug-likeness (QED) is 0.182. The number of esters is 1. The van der Waals surface area contributed by atoms with Crippen LogP contribution >= 0.6 is 0 Å². The van der Waals surface area contributed by atoms with Crippen LogP contribution in [0.15, 0.2) is 54.7 Å². The molecule has 1 fully saturated rings. The predicted molar refractivity (Wildman–Crippen MR) is 177 cm³/mol. The summed E-state index contributed by atoms with van der Waals surface area (Å²) in [4.78, 5) is 46.3. The Bertz CT molecular complexity index is 1500. The van der Waals surface area contributed by atoms with Gasteiger partial charge in [0.2, 0.25) is 5.91 Å². The number of fused-ring (bicyclic) bond motifs is 3. The largest absolute Gasteiger partial charge is 0.458 e. The second-order valence-electron chi connectivity index (χ2n) is 13.8. The Balaban J connectivity index is 1.35. The minimum Gasteiger partial charge on any atom is -0.458 e. The fourth-order valence-corrected chi connectivity index (χ4v) is 7.09. The first-order chi connectivity index (χ1) is 21.5. The second kappa shape index (κ2) is 13.6. The molecule has 45 heavy (non-hydrogen) atoms. The van der Waals surface area contributed by atoms with Crippen molar-refractivity contribution < 1.29 is 19.1 Å². The SMILES string of the molecule is C[C@@H](c1c[nH]c2ccccc12)[C@@H](NC(=O)N1CCC2(CCc3ccccc32)CC1)C(=O)N[C@@H](CCCCN)C(=O)OC(C)(C)C. The molecule has 1 saturated heterocycles. The van der Waals surface area contributed by atoms with E-state index in [0.29, 0.717) is 32.5 Å². The Hall–Kier alpha value is -3.85. The van der Waals surface area contributed by atoms with Gasteiger partial charge in [-0.15, -0.1) is 0 Å². The maximum absolute atomic E-state index is 14.1. The number of nitrogens with one attached hydrogen (secondary N) is 3. The lowest BCUT2D eigenvalue weighted by Crippen LogP contribution is -2.57. The van der Waals surface area contributed by atoms with Crippen LogP contribution in [0.1, 0.15) is 88.8 Å². The van der Waals surface area contributed by atoms with Gasteiger partial charge in [-0.05, 0) is 100 Å². The number of urea groups is 1. The number of amides is 3. The van der Waals surface area contributed by atoms with Gasteiger partial charge in [0.25, 0.3) is 0 Å². The molecular weight excluding hydrogens is 566 g/mol. The number of nitrogens with zero attached hydrogens (tertiary/aromatic N) is 1. The lowest BCUT2D eigenvalue weighted by molar-refractivity contribution is -0.159. The van der Waals surface area contributed by atoms with E-state index in [1.165, 1.54) is 11.1 Å². The van der Waals surface area contributed by atoms with Crippen molar-refractivity contribution in [1.82, 2.24) is 20.5 Å². The number of piperidine rings is 1. The molecule has 5 rings (SSSR count). The summed E-state index contributed by atoms with van der Waals surface area (Å²) in [6.07, 6.45) is 7.67. The third-order valence-electron chi connectivity index (χ3n) is 9.60. The number of hydrogen-bond acceptors (Lipinski definition) is 5. The standard InChI is InChI=1S/C36H49N5O4/c1-24(27-23-38-29-14-8-6-12-26(27)29)31(32(42)39-30(15-9-10-20-37)33(43)45-35(2,3)4)40-34(44)41-21-18-36(19-22-41)17-16-25-11-5-7-13-28(25)36/h5-8,11-14,23-24,30-31,38H,9-10,15-22,37H2,1-4H3,(H,39,42)(H,40,44)/t24-,30-,31+/m0/s1. The number of rotatable bonds is 10. The van der Waals surface area contributed by atoms with E-state index < -0.39 is 29.6 Å². The molecule has 3 amide bonds. The maximum atomic E-state index is 14.1. The maximum Gasteiger partial charge on any atom is 0.329 e. The van der Waals surface area contributed by atoms with E-state index in [9.17, 15) is 14.4 Å². The molecule has 0 saturated carbocycles. The minimum absolute atomic E-state index is 0.117. The molecule has 3 aromatic rings. The summed E-state index contributed by atoms with van der Waals surface area (Å²) in [6, 6.07) is 14.6. The molecule has 0 bridgehead atoms. The number of para-hydroxylation sites is 1. The molecule has 1 aromatic heterocycles. The molecule has 2 aromatic carbocycles. The number of hydrogen-bond donors (Lipinski definition) is 4. The van der Waals surface area contributed by atoms with Crippen LogP contribution in [0.25, 0.3) is 10.9 Å². The van der Waals surface area contributed by atoms with Gasteiger partial charge in [0.15, 0.2) is 0 Å². The molecule has 0 unspecified atom stereocenters. The lowest BCUT2D eigenvalue weighted by Gasteiger charge is -2.40. The van der Waals surface area contributed by atoms with Crippen LogP contribution in [0, 0.1) is 0 Å². The normalized spacial score (nSPS) is 17.8. The monoisotopic (exact) mass is 615 g/mol. The zero-order chi connectivity index (χ0) is 32.2. The van der Waals surface area contributed by atoms with Gasteiger partial charge in [-0.2, -0.15) is 0 Å². The molecule has 0 radical (unpaired) electrons. The summed E-state index contributed by atoms with van der Waals surface area (Å²) < 4.78 is 5.66. The smallest absolute Gasteiger partial charge is 0.329 e. The Kier molecular flexibility index (Phi) is 9.87. The van der Waals surface area contributed by atoms with Crippen molar-refractivity contribution in [2.75, 3.05) is 19.6 Å². The van der Waals surface area contributed by atoms with Gasteiger partial charge < -0.3 is 31.0 Å². The number of aromatic nitrogens is 1. The first-order valence-corrected chi connectivity index (χ1v) is 16.4. The fraction of sp³-hybridized carbons (Fsp3) is 0.528. The summed E-state index contributed by atoms with van der Waals surface area (Å²) in [7, 11) is 0. The second-order valence-corrected chi connectivity index (χ2v) is 13.8. The Morgan fingerprint density at radius 1 is 1.00 bits per heavy atom. The molecule has 3 atom stereocenters. The van der Waals surface area contributed by atoms with E-state index in [1.54, 1.807) is 20.8 Å². The average Bonchev–Trinajstić information content (AvgIpc) is 3.60. The van der Waals surface area contributed by atoms with Gasteiger partial charge in [-0.3, -0.25) is 4.79 Å². The first-order valence-electron chi connectivity index (χ1n) is 16.4. The topological polar surface area (TPSA) is 130 Å². The molecule has 1 aliphatic carbocycles. The van der Waals surface area contributed by atoms with E-state index in [0.717, 1.165) is 48.6 Å². The van der Waals surface area contributed by atoms with Gasteiger partial charge in [0, 0.05) is 36.1 Å². The van der Waals surface area contributed by atoms with Crippen molar-refractivity contribution in [3.8, 4) is 0 Å². The molecule has 5 N–H and O–H groups in total. The van der Waals surface area contributed by atoms with Gasteiger partial charge in [-0.25, -0.2) is 9.59 Å². The zero-order valence-corrected chi connectivity index (χ0v) is 27.2. The van der Waals surface area contributed by atoms with Crippen molar-refractivity contribution in [1.29, 1.82) is 0 Å². The summed E-state index contributed by atoms with van der Waals surface area (Å²) in [6.45, 7) is 9.09. The van der Waals surface area contributed by atoms with Crippen molar-refractivity contribution in [2.45, 2.75) is 102 Å². The minimum atomic E-state index is -0.917. The molecule has 2 aliphatic rings. The molecule has 1 spiro atoms. The van der Waals surface area contributed by atoms with E-state index in [-0.39, 0.29) is 17.4 Å². The highest BCUT2D eigenvalue weighted by molar-refractivity contribution is 5.92. The summed E-state index contributed by atoms with van der Waals surface area (Å²) in [5, 5.41) is 7.03. The average molecular weight is 616 g/mol. The number of aromatic amines is 1. The number of aryl methyl sites for hydroxylation is 1. The van der Waals surface area contributed by atoms with Crippen LogP contribution in [0.2, 0.25) is 0 Å². The van der Waals surface area contributed by atoms with E-state index in [1.807, 2.05) is 42.3 Å². The fourth-order valence-electron chi connectivity index (χ4n) is 7.09. The highest BCUT2D eigenvalue weighted by atomic mass is 16.6. The summed E-state index contributed by atoms with van der Waals surface area (Å²) >= 11 is 0. The highest BCUT2D eigenvalue weighted by Gasteiger charge is 2.42. The number of carbonyl (C=O) groups is 3. The summed E-state index contributed by atoms with van der Waals surface area (Å²) in [5.74, 6) is -1.29. The molecule has 1 aliphatic heterocycles. The van der Waals surface area contributed by atoms with E-state index in [2.05, 4.69) is 39.9 Å². The van der Waals surface area contributed by atoms with E-state index in [4.69, 9.17) is 10.5 Å². The van der Waals surface area contributed by atoms with Crippen LogP contribution in [-0.2, 0) is 26.2 Å². The Labute approximate surface area is 266 Å². The number of H-pyrrole nitrogens is 1. The summed E-state index contributed by atoms with van der Waals surface area (Å²) in [5.41, 5.74) is 9.85. The van der Waals surface area contributed by atoms with Crippen molar-refractivity contribution in [3.05, 3.63) is 71.4 Å². The van der Waals surface area contributed by atoms with Gasteiger partial charge in [0.05, 0.1) is 0 Å². The van der Waals surface area contributed by atoms with E-state index >= 15 is 0 Å². The molecular formula is C36H49N5O4. The third-order valence-corrected chi connectivity index (χ3v) is 9.60. The molecule has 9 nitrogen and oxygen atoms in total. The molecule has 9 heteroatoms. The molecule has 242 valence electrons. The van der Waals surface area contributed by atoms with Crippen LogP contribution in [0.4, 0.5) is 4.79 Å². The highest BCUT2D eigenvalue weighted by Crippen LogP contribution is 2.46. The third kappa shape index (κ3) is 7.35. The Morgan fingerprint density at radius 2 is 1.71 bits per heavy atom. The Morgan fingerprint density at radius 3 is 2.44 bits per heavy atom. The number of benzene rings is 2. The number of unbranched alkanes of at least 4 members (excludes halogenated alkanes) is 1. The number of carbonyl (C=O) groups excluding carboxylic acids is 3. The van der Waals surface area contributed by atoms with Gasteiger partial charge >= 0.3 is 12.0 Å². The van der Waals surface area contributed by atoms with Crippen molar-refractivity contribution >= 4 is 28.8 Å². The number of likely N-dealkylation sites (tertiary alicyclic amines) is 1. The van der Waals surface area contributed by atoms with Crippen LogP contribution < -0.4 is 16.4 Å². The first kappa shape index (κ1) is 32.5. The van der Waals surface area contributed by atoms with Crippen molar-refractivity contribution in [3.63, 3.8) is 0 Å². The zero-order valence-electron chi connectivity index (χ0n) is 27.2. The van der Waals surface area contributed by atoms with Gasteiger partial charge in [-0.1, -0.05) is 49.4 Å². The van der Waals surface area contributed by atoms with Gasteiger partial charge in [0.1, 0.15) is 17.7 Å².